The third kappa shape index (κ3) is 2.70. The molecule has 1 aromatic rings. The normalized spacial score (nSPS) is 17.8. The third-order valence-electron chi connectivity index (χ3n) is 3.14. The molecule has 0 bridgehead atoms. The summed E-state index contributed by atoms with van der Waals surface area (Å²) in [5.41, 5.74) is 1.14. The highest BCUT2D eigenvalue weighted by molar-refractivity contribution is 5.30. The average molecular weight is 220 g/mol. The van der Waals surface area contributed by atoms with Gasteiger partial charge in [0.25, 0.3) is 0 Å². The minimum Gasteiger partial charge on any atom is -0.341 e. The maximum absolute atomic E-state index is 4.42. The van der Waals surface area contributed by atoms with Gasteiger partial charge in [-0.15, -0.1) is 0 Å². The monoisotopic (exact) mass is 220 g/mol. The number of rotatable bonds is 3. The van der Waals surface area contributed by atoms with Crippen LogP contribution in [0, 0.1) is 5.92 Å². The molecule has 4 nitrogen and oxygen atoms in total. The van der Waals surface area contributed by atoms with Gasteiger partial charge in [-0.3, -0.25) is 0 Å². The Bertz CT molecular complexity index is 314. The Labute approximate surface area is 97.1 Å². The van der Waals surface area contributed by atoms with Crippen molar-refractivity contribution in [3.63, 3.8) is 0 Å². The summed E-state index contributed by atoms with van der Waals surface area (Å²) in [4.78, 5) is 11.1. The molecule has 2 heterocycles. The molecule has 1 N–H and O–H groups in total. The van der Waals surface area contributed by atoms with E-state index in [-0.39, 0.29) is 0 Å². The van der Waals surface area contributed by atoms with Gasteiger partial charge >= 0.3 is 0 Å². The number of anilines is 1. The molecule has 1 aliphatic rings. The summed E-state index contributed by atoms with van der Waals surface area (Å²) in [7, 11) is 1.93. The number of nitrogens with one attached hydrogen (secondary N) is 1. The van der Waals surface area contributed by atoms with E-state index in [2.05, 4.69) is 27.1 Å². The first-order chi connectivity index (χ1) is 7.79. The Balaban J connectivity index is 1.98. The first-order valence-corrected chi connectivity index (χ1v) is 6.00. The van der Waals surface area contributed by atoms with Gasteiger partial charge in [-0.2, -0.15) is 0 Å². The molecular weight excluding hydrogens is 200 g/mol. The van der Waals surface area contributed by atoms with Crippen LogP contribution in [-0.2, 0) is 6.54 Å². The predicted molar refractivity (Wildman–Crippen MR) is 65.4 cm³/mol. The Morgan fingerprint density at radius 2 is 1.94 bits per heavy atom. The molecule has 1 aliphatic heterocycles. The summed E-state index contributed by atoms with van der Waals surface area (Å²) in [5.74, 6) is 1.73. The molecule has 0 aliphatic carbocycles. The van der Waals surface area contributed by atoms with Crippen LogP contribution in [0.2, 0.25) is 0 Å². The van der Waals surface area contributed by atoms with E-state index in [1.807, 2.05) is 19.4 Å². The highest BCUT2D eigenvalue weighted by Gasteiger charge is 2.17. The van der Waals surface area contributed by atoms with Gasteiger partial charge < -0.3 is 10.2 Å². The van der Waals surface area contributed by atoms with Crippen molar-refractivity contribution in [1.82, 2.24) is 15.3 Å². The molecule has 1 aromatic heterocycles. The van der Waals surface area contributed by atoms with Crippen LogP contribution in [0.5, 0.6) is 0 Å². The summed E-state index contributed by atoms with van der Waals surface area (Å²) >= 11 is 0. The topological polar surface area (TPSA) is 41.1 Å². The number of aromatic nitrogens is 2. The zero-order chi connectivity index (χ0) is 11.4. The van der Waals surface area contributed by atoms with Crippen molar-refractivity contribution in [3.05, 3.63) is 18.0 Å². The van der Waals surface area contributed by atoms with Crippen LogP contribution in [-0.4, -0.2) is 30.1 Å². The second kappa shape index (κ2) is 5.25. The number of hydrogen-bond acceptors (Lipinski definition) is 4. The van der Waals surface area contributed by atoms with E-state index < -0.39 is 0 Å². The molecule has 2 rings (SSSR count). The van der Waals surface area contributed by atoms with Crippen LogP contribution in [0.15, 0.2) is 12.4 Å². The highest BCUT2D eigenvalue weighted by atomic mass is 15.2. The maximum atomic E-state index is 4.42. The van der Waals surface area contributed by atoms with Crippen LogP contribution in [0.4, 0.5) is 5.95 Å². The van der Waals surface area contributed by atoms with E-state index in [1.165, 1.54) is 12.8 Å². The Morgan fingerprint density at radius 1 is 1.31 bits per heavy atom. The second-order valence-electron chi connectivity index (χ2n) is 4.59. The van der Waals surface area contributed by atoms with Gasteiger partial charge in [-0.1, -0.05) is 6.92 Å². The second-order valence-corrected chi connectivity index (χ2v) is 4.59. The lowest BCUT2D eigenvalue weighted by Crippen LogP contribution is -2.34. The summed E-state index contributed by atoms with van der Waals surface area (Å²) in [6, 6.07) is 0. The van der Waals surface area contributed by atoms with E-state index in [4.69, 9.17) is 0 Å². The summed E-state index contributed by atoms with van der Waals surface area (Å²) in [6.45, 7) is 5.32. The fourth-order valence-electron chi connectivity index (χ4n) is 2.02. The number of piperidine rings is 1. The first kappa shape index (κ1) is 11.3. The van der Waals surface area contributed by atoms with E-state index in [0.717, 1.165) is 37.1 Å². The van der Waals surface area contributed by atoms with Crippen molar-refractivity contribution < 1.29 is 0 Å². The average Bonchev–Trinajstić information content (AvgIpc) is 2.32. The summed E-state index contributed by atoms with van der Waals surface area (Å²) in [6.07, 6.45) is 6.33. The molecule has 0 amide bonds. The molecular formula is C12H20N4. The summed E-state index contributed by atoms with van der Waals surface area (Å²) in [5, 5.41) is 3.10. The molecule has 0 aromatic carbocycles. The van der Waals surface area contributed by atoms with Crippen molar-refractivity contribution in [3.8, 4) is 0 Å². The van der Waals surface area contributed by atoms with Crippen molar-refractivity contribution in [2.24, 2.45) is 5.92 Å². The largest absolute Gasteiger partial charge is 0.341 e. The van der Waals surface area contributed by atoms with Gasteiger partial charge in [-0.25, -0.2) is 9.97 Å². The van der Waals surface area contributed by atoms with Crippen LogP contribution in [0.25, 0.3) is 0 Å². The van der Waals surface area contributed by atoms with E-state index in [1.54, 1.807) is 0 Å². The Hall–Kier alpha value is -1.16. The maximum Gasteiger partial charge on any atom is 0.225 e. The molecule has 0 unspecified atom stereocenters. The van der Waals surface area contributed by atoms with Crippen LogP contribution in [0.1, 0.15) is 25.3 Å². The van der Waals surface area contributed by atoms with Crippen LogP contribution < -0.4 is 10.2 Å². The lowest BCUT2D eigenvalue weighted by molar-refractivity contribution is 0.434. The molecule has 0 radical (unpaired) electrons. The number of nitrogens with zero attached hydrogens (tertiary/aromatic N) is 3. The van der Waals surface area contributed by atoms with Crippen molar-refractivity contribution in [2.45, 2.75) is 26.3 Å². The fourth-order valence-corrected chi connectivity index (χ4v) is 2.02. The summed E-state index contributed by atoms with van der Waals surface area (Å²) < 4.78 is 0. The fraction of sp³-hybridized carbons (Fsp3) is 0.667. The SMILES string of the molecule is CNCc1cnc(N2CCC(C)CC2)nc1. The van der Waals surface area contributed by atoms with Gasteiger partial charge in [0.2, 0.25) is 5.95 Å². The predicted octanol–water partition coefficient (Wildman–Crippen LogP) is 1.43. The molecule has 0 spiro atoms. The van der Waals surface area contributed by atoms with Crippen molar-refractivity contribution in [1.29, 1.82) is 0 Å². The quantitative estimate of drug-likeness (QED) is 0.836. The third-order valence-corrected chi connectivity index (χ3v) is 3.14. The molecule has 88 valence electrons. The Morgan fingerprint density at radius 3 is 2.50 bits per heavy atom. The van der Waals surface area contributed by atoms with Gasteiger partial charge in [0.05, 0.1) is 0 Å². The highest BCUT2D eigenvalue weighted by Crippen LogP contribution is 2.19. The molecule has 0 atom stereocenters. The van der Waals surface area contributed by atoms with Gasteiger partial charge in [0.15, 0.2) is 0 Å². The zero-order valence-corrected chi connectivity index (χ0v) is 10.1. The molecule has 0 saturated carbocycles. The minimum absolute atomic E-state index is 0.831. The van der Waals surface area contributed by atoms with E-state index in [9.17, 15) is 0 Å². The molecule has 1 fully saturated rings. The lowest BCUT2D eigenvalue weighted by Gasteiger charge is -2.30. The zero-order valence-electron chi connectivity index (χ0n) is 10.1. The molecule has 16 heavy (non-hydrogen) atoms. The minimum atomic E-state index is 0.831. The first-order valence-electron chi connectivity index (χ1n) is 6.00. The smallest absolute Gasteiger partial charge is 0.225 e. The van der Waals surface area contributed by atoms with Crippen molar-refractivity contribution >= 4 is 5.95 Å². The standard InChI is InChI=1S/C12H20N4/c1-10-3-5-16(6-4-10)12-14-8-11(7-13-2)9-15-12/h8-10,13H,3-7H2,1-2H3. The van der Waals surface area contributed by atoms with E-state index in [0.29, 0.717) is 0 Å². The molecule has 1 saturated heterocycles. The van der Waals surface area contributed by atoms with Crippen molar-refractivity contribution in [2.75, 3.05) is 25.0 Å². The van der Waals surface area contributed by atoms with E-state index >= 15 is 0 Å². The Kier molecular flexibility index (Phi) is 3.72. The van der Waals surface area contributed by atoms with Gasteiger partial charge in [0.1, 0.15) is 0 Å². The van der Waals surface area contributed by atoms with Gasteiger partial charge in [-0.05, 0) is 25.8 Å². The molecule has 4 heteroatoms. The van der Waals surface area contributed by atoms with Crippen LogP contribution >= 0.6 is 0 Å². The number of hydrogen-bond donors (Lipinski definition) is 1. The van der Waals surface area contributed by atoms with Crippen LogP contribution in [0.3, 0.4) is 0 Å². The lowest BCUT2D eigenvalue weighted by atomic mass is 10.00. The van der Waals surface area contributed by atoms with Gasteiger partial charge in [0, 0.05) is 37.6 Å².